The highest BCUT2D eigenvalue weighted by atomic mass is 14.7. The second-order valence-electron chi connectivity index (χ2n) is 3.04. The third-order valence-electron chi connectivity index (χ3n) is 1.93. The summed E-state index contributed by atoms with van der Waals surface area (Å²) in [6.07, 6.45) is 9.72. The number of aryl methyl sites for hydroxylation is 1. The molecule has 0 aliphatic rings. The number of pyridine rings is 1. The van der Waals surface area contributed by atoms with Crippen LogP contribution in [-0.2, 0) is 0 Å². The largest absolute Gasteiger partial charge is 0.261 e. The lowest BCUT2D eigenvalue weighted by atomic mass is 10.1. The molecule has 0 spiro atoms. The van der Waals surface area contributed by atoms with Gasteiger partial charge in [-0.15, -0.1) is 0 Å². The molecule has 0 bridgehead atoms. The standard InChI is InChI=1S/C13H15N/c1-4-6-7-12(5-2)13-9-8-11(3)14-10-13/h4-10H,2H2,1,3H3/b6-4-,12-7+. The van der Waals surface area contributed by atoms with E-state index in [4.69, 9.17) is 0 Å². The molecule has 1 nitrogen and oxygen atoms in total. The van der Waals surface area contributed by atoms with Crippen LogP contribution in [0, 0.1) is 6.92 Å². The maximum Gasteiger partial charge on any atom is 0.0373 e. The second kappa shape index (κ2) is 5.18. The molecule has 0 aromatic carbocycles. The van der Waals surface area contributed by atoms with Gasteiger partial charge in [-0.25, -0.2) is 0 Å². The van der Waals surface area contributed by atoms with Crippen LogP contribution in [0.25, 0.3) is 5.57 Å². The minimum Gasteiger partial charge on any atom is -0.261 e. The summed E-state index contributed by atoms with van der Waals surface area (Å²) in [6, 6.07) is 4.06. The van der Waals surface area contributed by atoms with Gasteiger partial charge in [-0.3, -0.25) is 4.98 Å². The van der Waals surface area contributed by atoms with Crippen molar-refractivity contribution in [3.8, 4) is 0 Å². The van der Waals surface area contributed by atoms with Crippen molar-refractivity contribution in [1.29, 1.82) is 0 Å². The van der Waals surface area contributed by atoms with E-state index in [9.17, 15) is 0 Å². The lowest BCUT2D eigenvalue weighted by molar-refractivity contribution is 1.19. The van der Waals surface area contributed by atoms with E-state index in [1.54, 1.807) is 0 Å². The number of aromatic nitrogens is 1. The highest BCUT2D eigenvalue weighted by Gasteiger charge is 1.95. The molecule has 1 aromatic heterocycles. The number of nitrogens with zero attached hydrogens (tertiary/aromatic N) is 1. The van der Waals surface area contributed by atoms with Gasteiger partial charge in [0.05, 0.1) is 0 Å². The average molecular weight is 185 g/mol. The van der Waals surface area contributed by atoms with Crippen molar-refractivity contribution < 1.29 is 0 Å². The summed E-state index contributed by atoms with van der Waals surface area (Å²) in [5.74, 6) is 0. The molecule has 0 saturated carbocycles. The maximum absolute atomic E-state index is 4.24. The summed E-state index contributed by atoms with van der Waals surface area (Å²) in [4.78, 5) is 4.24. The Morgan fingerprint density at radius 1 is 1.43 bits per heavy atom. The number of allylic oxidation sites excluding steroid dienone is 5. The first kappa shape index (κ1) is 10.5. The first-order valence-electron chi connectivity index (χ1n) is 4.66. The third-order valence-corrected chi connectivity index (χ3v) is 1.93. The van der Waals surface area contributed by atoms with Gasteiger partial charge < -0.3 is 0 Å². The molecule has 0 aliphatic heterocycles. The summed E-state index contributed by atoms with van der Waals surface area (Å²) in [5.41, 5.74) is 3.22. The van der Waals surface area contributed by atoms with Crippen molar-refractivity contribution in [3.05, 3.63) is 60.5 Å². The number of hydrogen-bond donors (Lipinski definition) is 0. The number of rotatable bonds is 3. The predicted octanol–water partition coefficient (Wildman–Crippen LogP) is 3.54. The Labute approximate surface area is 85.5 Å². The number of hydrogen-bond acceptors (Lipinski definition) is 1. The van der Waals surface area contributed by atoms with Crippen LogP contribution in [0.3, 0.4) is 0 Å². The second-order valence-corrected chi connectivity index (χ2v) is 3.04. The fourth-order valence-electron chi connectivity index (χ4n) is 1.12. The summed E-state index contributed by atoms with van der Waals surface area (Å²) >= 11 is 0. The van der Waals surface area contributed by atoms with Crippen LogP contribution < -0.4 is 0 Å². The maximum atomic E-state index is 4.24. The Hall–Kier alpha value is -1.63. The van der Waals surface area contributed by atoms with Crippen molar-refractivity contribution in [1.82, 2.24) is 4.98 Å². The van der Waals surface area contributed by atoms with Crippen LogP contribution >= 0.6 is 0 Å². The van der Waals surface area contributed by atoms with E-state index in [-0.39, 0.29) is 0 Å². The van der Waals surface area contributed by atoms with Crippen molar-refractivity contribution in [3.63, 3.8) is 0 Å². The average Bonchev–Trinajstić information content (AvgIpc) is 2.21. The molecule has 1 aromatic rings. The van der Waals surface area contributed by atoms with Crippen molar-refractivity contribution in [2.75, 3.05) is 0 Å². The van der Waals surface area contributed by atoms with Crippen LogP contribution in [0.2, 0.25) is 0 Å². The fraction of sp³-hybridized carbons (Fsp3) is 0.154. The van der Waals surface area contributed by atoms with Crippen LogP contribution in [-0.4, -0.2) is 4.98 Å². The molecule has 72 valence electrons. The highest BCUT2D eigenvalue weighted by Crippen LogP contribution is 2.14. The molecule has 0 amide bonds. The van der Waals surface area contributed by atoms with E-state index in [0.717, 1.165) is 16.8 Å². The smallest absolute Gasteiger partial charge is 0.0373 e. The first-order chi connectivity index (χ1) is 6.77. The molecular formula is C13H15N. The molecule has 1 rings (SSSR count). The molecule has 1 heteroatoms. The molecule has 0 fully saturated rings. The Balaban J connectivity index is 3.01. The molecule has 14 heavy (non-hydrogen) atoms. The van der Waals surface area contributed by atoms with E-state index >= 15 is 0 Å². The molecule has 0 radical (unpaired) electrons. The van der Waals surface area contributed by atoms with Gasteiger partial charge in [0, 0.05) is 11.9 Å². The van der Waals surface area contributed by atoms with Crippen LogP contribution in [0.5, 0.6) is 0 Å². The normalized spacial score (nSPS) is 12.0. The molecule has 0 aliphatic carbocycles. The van der Waals surface area contributed by atoms with Crippen molar-refractivity contribution >= 4 is 5.57 Å². The lowest BCUT2D eigenvalue weighted by Crippen LogP contribution is -1.84. The summed E-state index contributed by atoms with van der Waals surface area (Å²) in [6.45, 7) is 7.75. The Morgan fingerprint density at radius 2 is 2.21 bits per heavy atom. The Morgan fingerprint density at radius 3 is 2.71 bits per heavy atom. The van der Waals surface area contributed by atoms with Gasteiger partial charge in [-0.1, -0.05) is 36.9 Å². The van der Waals surface area contributed by atoms with Crippen LogP contribution in [0.1, 0.15) is 18.2 Å². The van der Waals surface area contributed by atoms with Crippen LogP contribution in [0.15, 0.2) is 49.2 Å². The Bertz CT molecular complexity index is 355. The van der Waals surface area contributed by atoms with Crippen molar-refractivity contribution in [2.24, 2.45) is 0 Å². The quantitative estimate of drug-likeness (QED) is 0.656. The van der Waals surface area contributed by atoms with E-state index in [1.165, 1.54) is 0 Å². The zero-order valence-electron chi connectivity index (χ0n) is 8.70. The molecule has 0 atom stereocenters. The fourth-order valence-corrected chi connectivity index (χ4v) is 1.12. The Kier molecular flexibility index (Phi) is 3.86. The van der Waals surface area contributed by atoms with Gasteiger partial charge in [0.1, 0.15) is 0 Å². The molecular weight excluding hydrogens is 170 g/mol. The third kappa shape index (κ3) is 2.70. The van der Waals surface area contributed by atoms with E-state index in [0.29, 0.717) is 0 Å². The molecule has 1 heterocycles. The molecule has 0 N–H and O–H groups in total. The van der Waals surface area contributed by atoms with Gasteiger partial charge >= 0.3 is 0 Å². The SMILES string of the molecule is C=C/C(=C\C=C/C)c1ccc(C)nc1. The highest BCUT2D eigenvalue weighted by molar-refractivity contribution is 5.74. The van der Waals surface area contributed by atoms with E-state index in [1.807, 2.05) is 50.4 Å². The topological polar surface area (TPSA) is 12.9 Å². The monoisotopic (exact) mass is 185 g/mol. The molecule has 0 unspecified atom stereocenters. The zero-order valence-corrected chi connectivity index (χ0v) is 8.70. The van der Waals surface area contributed by atoms with Crippen LogP contribution in [0.4, 0.5) is 0 Å². The summed E-state index contributed by atoms with van der Waals surface area (Å²) in [5, 5.41) is 0. The van der Waals surface area contributed by atoms with Gasteiger partial charge in [-0.2, -0.15) is 0 Å². The summed E-state index contributed by atoms with van der Waals surface area (Å²) in [7, 11) is 0. The molecule has 0 saturated heterocycles. The minimum atomic E-state index is 1.03. The van der Waals surface area contributed by atoms with Gasteiger partial charge in [-0.05, 0) is 31.1 Å². The lowest BCUT2D eigenvalue weighted by Gasteiger charge is -2.00. The summed E-state index contributed by atoms with van der Waals surface area (Å²) < 4.78 is 0. The zero-order chi connectivity index (χ0) is 10.4. The van der Waals surface area contributed by atoms with Crippen molar-refractivity contribution in [2.45, 2.75) is 13.8 Å². The van der Waals surface area contributed by atoms with Gasteiger partial charge in [0.15, 0.2) is 0 Å². The van der Waals surface area contributed by atoms with E-state index < -0.39 is 0 Å². The minimum absolute atomic E-state index is 1.03. The van der Waals surface area contributed by atoms with E-state index in [2.05, 4.69) is 17.6 Å². The van der Waals surface area contributed by atoms with Gasteiger partial charge in [0.25, 0.3) is 0 Å². The first-order valence-corrected chi connectivity index (χ1v) is 4.66. The predicted molar refractivity (Wildman–Crippen MR) is 62.0 cm³/mol. The van der Waals surface area contributed by atoms with Gasteiger partial charge in [0.2, 0.25) is 0 Å².